The van der Waals surface area contributed by atoms with Crippen LogP contribution in [0.1, 0.15) is 16.8 Å². The lowest BCUT2D eigenvalue weighted by Gasteiger charge is -2.16. The Morgan fingerprint density at radius 2 is 2.41 bits per heavy atom. The number of methoxy groups -OCH3 is 1. The van der Waals surface area contributed by atoms with Crippen LogP contribution in [0.3, 0.4) is 0 Å². The van der Waals surface area contributed by atoms with Crippen LogP contribution in [0, 0.1) is 0 Å². The maximum atomic E-state index is 11.8. The maximum absolute atomic E-state index is 11.8. The summed E-state index contributed by atoms with van der Waals surface area (Å²) in [5.41, 5.74) is -0.392. The van der Waals surface area contributed by atoms with Crippen LogP contribution in [-0.4, -0.2) is 42.4 Å². The molecule has 0 aliphatic heterocycles. The number of H-pyrrole nitrogens is 1. The summed E-state index contributed by atoms with van der Waals surface area (Å²) in [5, 5.41) is 11.5. The number of hydrogen-bond acceptors (Lipinski definition) is 4. The lowest BCUT2D eigenvalue weighted by atomic mass is 10.2. The van der Waals surface area contributed by atoms with Gasteiger partial charge >= 0.3 is 0 Å². The van der Waals surface area contributed by atoms with Crippen LogP contribution in [-0.2, 0) is 4.74 Å². The van der Waals surface area contributed by atoms with Crippen molar-refractivity contribution in [2.75, 3.05) is 20.3 Å². The molecule has 1 amide bonds. The largest absolute Gasteiger partial charge is 0.396 e. The molecule has 0 aromatic carbocycles. The minimum atomic E-state index is -0.470. The molecule has 0 bridgehead atoms. The zero-order chi connectivity index (χ0) is 12.7. The summed E-state index contributed by atoms with van der Waals surface area (Å²) in [4.78, 5) is 25.5. The topological polar surface area (TPSA) is 91.4 Å². The molecule has 0 fully saturated rings. The van der Waals surface area contributed by atoms with Crippen LogP contribution < -0.4 is 10.9 Å². The highest BCUT2D eigenvalue weighted by Gasteiger charge is 2.15. The molecule has 94 valence electrons. The molecular formula is C11H16N2O4. The Bertz CT molecular complexity index is 410. The third-order valence-corrected chi connectivity index (χ3v) is 2.24. The molecular weight excluding hydrogens is 224 g/mol. The summed E-state index contributed by atoms with van der Waals surface area (Å²) < 4.78 is 4.91. The molecule has 6 heteroatoms. The number of pyridine rings is 1. The number of nitrogens with one attached hydrogen (secondary N) is 2. The highest BCUT2D eigenvalue weighted by Crippen LogP contribution is 1.96. The number of aromatic amines is 1. The van der Waals surface area contributed by atoms with E-state index in [0.29, 0.717) is 6.42 Å². The first-order valence-electron chi connectivity index (χ1n) is 5.27. The summed E-state index contributed by atoms with van der Waals surface area (Å²) >= 11 is 0. The smallest absolute Gasteiger partial charge is 0.260 e. The number of rotatable bonds is 6. The number of amides is 1. The fraction of sp³-hybridized carbons (Fsp3) is 0.455. The number of ether oxygens (including phenoxy) is 1. The van der Waals surface area contributed by atoms with Gasteiger partial charge in [0.1, 0.15) is 5.56 Å². The van der Waals surface area contributed by atoms with Crippen molar-refractivity contribution >= 4 is 5.91 Å². The zero-order valence-corrected chi connectivity index (χ0v) is 9.60. The van der Waals surface area contributed by atoms with E-state index in [9.17, 15) is 9.59 Å². The number of carbonyl (C=O) groups is 1. The standard InChI is InChI=1S/C11H16N2O4/c1-17-7-8(4-6-14)13-11(16)9-3-2-5-12-10(9)15/h2-3,5,8,14H,4,6-7H2,1H3,(H,12,15)(H,13,16). The first-order valence-corrected chi connectivity index (χ1v) is 5.27. The molecule has 0 aliphatic carbocycles. The van der Waals surface area contributed by atoms with E-state index in [1.165, 1.54) is 19.4 Å². The normalized spacial score (nSPS) is 12.1. The van der Waals surface area contributed by atoms with Crippen molar-refractivity contribution in [3.05, 3.63) is 34.2 Å². The number of aliphatic hydroxyl groups is 1. The lowest BCUT2D eigenvalue weighted by Crippen LogP contribution is -2.40. The number of aromatic nitrogens is 1. The van der Waals surface area contributed by atoms with Gasteiger partial charge in [-0.25, -0.2) is 0 Å². The van der Waals surface area contributed by atoms with E-state index in [-0.39, 0.29) is 24.8 Å². The second-order valence-corrected chi connectivity index (χ2v) is 3.55. The van der Waals surface area contributed by atoms with Crippen molar-refractivity contribution in [2.45, 2.75) is 12.5 Å². The molecule has 6 nitrogen and oxygen atoms in total. The molecule has 17 heavy (non-hydrogen) atoms. The Labute approximate surface area is 98.6 Å². The molecule has 1 aromatic rings. The summed E-state index contributed by atoms with van der Waals surface area (Å²) in [6.45, 7) is 0.233. The molecule has 3 N–H and O–H groups in total. The van der Waals surface area contributed by atoms with E-state index in [1.54, 1.807) is 6.07 Å². The van der Waals surface area contributed by atoms with E-state index < -0.39 is 11.5 Å². The van der Waals surface area contributed by atoms with Crippen molar-refractivity contribution in [3.8, 4) is 0 Å². The predicted molar refractivity (Wildman–Crippen MR) is 61.9 cm³/mol. The molecule has 1 aromatic heterocycles. The van der Waals surface area contributed by atoms with Crippen molar-refractivity contribution in [1.29, 1.82) is 0 Å². The Hall–Kier alpha value is -1.66. The fourth-order valence-corrected chi connectivity index (χ4v) is 1.42. The third kappa shape index (κ3) is 4.01. The van der Waals surface area contributed by atoms with Gasteiger partial charge in [0.2, 0.25) is 0 Å². The molecule has 0 radical (unpaired) electrons. The van der Waals surface area contributed by atoms with Crippen LogP contribution in [0.5, 0.6) is 0 Å². The van der Waals surface area contributed by atoms with E-state index in [1.807, 2.05) is 0 Å². The SMILES string of the molecule is COCC(CCO)NC(=O)c1ccc[nH]c1=O. The van der Waals surface area contributed by atoms with Gasteiger partial charge in [0.05, 0.1) is 12.6 Å². The summed E-state index contributed by atoms with van der Waals surface area (Å²) in [7, 11) is 1.51. The van der Waals surface area contributed by atoms with Gasteiger partial charge in [0, 0.05) is 19.9 Å². The average molecular weight is 240 g/mol. The first kappa shape index (κ1) is 13.4. The molecule has 0 spiro atoms. The summed E-state index contributed by atoms with van der Waals surface area (Å²) in [6, 6.07) is 2.71. The summed E-state index contributed by atoms with van der Waals surface area (Å²) in [5.74, 6) is -0.470. The van der Waals surface area contributed by atoms with Crippen LogP contribution in [0.25, 0.3) is 0 Å². The maximum Gasteiger partial charge on any atom is 0.260 e. The van der Waals surface area contributed by atoms with E-state index in [2.05, 4.69) is 10.3 Å². The van der Waals surface area contributed by atoms with E-state index in [0.717, 1.165) is 0 Å². The van der Waals surface area contributed by atoms with Gasteiger partial charge < -0.3 is 20.1 Å². The van der Waals surface area contributed by atoms with Crippen LogP contribution in [0.2, 0.25) is 0 Å². The number of aliphatic hydroxyl groups excluding tert-OH is 1. The van der Waals surface area contributed by atoms with Gasteiger partial charge in [-0.15, -0.1) is 0 Å². The molecule has 0 saturated heterocycles. The molecule has 1 unspecified atom stereocenters. The van der Waals surface area contributed by atoms with Crippen molar-refractivity contribution < 1.29 is 14.6 Å². The lowest BCUT2D eigenvalue weighted by molar-refractivity contribution is 0.0877. The minimum absolute atomic E-state index is 0.0477. The van der Waals surface area contributed by atoms with Gasteiger partial charge in [0.25, 0.3) is 11.5 Å². The van der Waals surface area contributed by atoms with Gasteiger partial charge in [-0.05, 0) is 18.6 Å². The quantitative estimate of drug-likeness (QED) is 0.625. The van der Waals surface area contributed by atoms with Gasteiger partial charge in [-0.3, -0.25) is 9.59 Å². The highest BCUT2D eigenvalue weighted by atomic mass is 16.5. The average Bonchev–Trinajstić information content (AvgIpc) is 2.30. The number of carbonyl (C=O) groups excluding carboxylic acids is 1. The molecule has 1 atom stereocenters. The second-order valence-electron chi connectivity index (χ2n) is 3.55. The first-order chi connectivity index (χ1) is 8.19. The Morgan fingerprint density at radius 3 is 3.00 bits per heavy atom. The van der Waals surface area contributed by atoms with Crippen molar-refractivity contribution in [2.24, 2.45) is 0 Å². The molecule has 0 saturated carbocycles. The highest BCUT2D eigenvalue weighted by molar-refractivity contribution is 5.93. The zero-order valence-electron chi connectivity index (χ0n) is 9.60. The summed E-state index contributed by atoms with van der Waals surface area (Å²) in [6.07, 6.45) is 1.84. The van der Waals surface area contributed by atoms with Crippen molar-refractivity contribution in [1.82, 2.24) is 10.3 Å². The van der Waals surface area contributed by atoms with Crippen LogP contribution in [0.15, 0.2) is 23.1 Å². The van der Waals surface area contributed by atoms with Crippen molar-refractivity contribution in [3.63, 3.8) is 0 Å². The fourth-order valence-electron chi connectivity index (χ4n) is 1.42. The molecule has 0 aliphatic rings. The molecule has 1 heterocycles. The Kier molecular flexibility index (Phi) is 5.38. The predicted octanol–water partition coefficient (Wildman–Crippen LogP) is -0.498. The monoisotopic (exact) mass is 240 g/mol. The van der Waals surface area contributed by atoms with E-state index >= 15 is 0 Å². The number of hydrogen-bond donors (Lipinski definition) is 3. The van der Waals surface area contributed by atoms with Crippen LogP contribution in [0.4, 0.5) is 0 Å². The van der Waals surface area contributed by atoms with Gasteiger partial charge in [-0.2, -0.15) is 0 Å². The van der Waals surface area contributed by atoms with Crippen LogP contribution >= 0.6 is 0 Å². The van der Waals surface area contributed by atoms with Gasteiger partial charge in [-0.1, -0.05) is 0 Å². The Balaban J connectivity index is 2.70. The second kappa shape index (κ2) is 6.82. The Morgan fingerprint density at radius 1 is 1.65 bits per heavy atom. The van der Waals surface area contributed by atoms with E-state index in [4.69, 9.17) is 9.84 Å². The third-order valence-electron chi connectivity index (χ3n) is 2.24. The molecule has 1 rings (SSSR count). The minimum Gasteiger partial charge on any atom is -0.396 e. The van der Waals surface area contributed by atoms with Gasteiger partial charge in [0.15, 0.2) is 0 Å².